The van der Waals surface area contributed by atoms with Crippen LogP contribution in [0, 0.1) is 27.2 Å². The van der Waals surface area contributed by atoms with Crippen molar-refractivity contribution in [3.63, 3.8) is 0 Å². The third-order valence-electron chi connectivity index (χ3n) is 3.85. The molecule has 1 rings (SSSR count). The van der Waals surface area contributed by atoms with Crippen molar-refractivity contribution in [2.45, 2.75) is 46.3 Å². The third-order valence-corrected chi connectivity index (χ3v) is 3.85. The Morgan fingerprint density at radius 3 is 2.33 bits per heavy atom. The number of rotatable bonds is 10. The third kappa shape index (κ3) is 4.62. The van der Waals surface area contributed by atoms with Gasteiger partial charge >= 0.3 is 5.69 Å². The summed E-state index contributed by atoms with van der Waals surface area (Å²) in [5.74, 6) is 0. The predicted octanol–water partition coefficient (Wildman–Crippen LogP) is 2.92. The second kappa shape index (κ2) is 9.14. The molecule has 0 bridgehead atoms. The molecule has 0 fully saturated rings. The molecule has 24 heavy (non-hydrogen) atoms. The van der Waals surface area contributed by atoms with E-state index in [1.165, 1.54) is 13.0 Å². The number of nitro groups is 2. The van der Waals surface area contributed by atoms with E-state index >= 15 is 0 Å². The smallest absolute Gasteiger partial charge is 0.302 e. The summed E-state index contributed by atoms with van der Waals surface area (Å²) < 4.78 is 5.17. The van der Waals surface area contributed by atoms with Gasteiger partial charge in [0.25, 0.3) is 5.69 Å². The predicted molar refractivity (Wildman–Crippen MR) is 89.2 cm³/mol. The van der Waals surface area contributed by atoms with E-state index in [1.54, 1.807) is 0 Å². The van der Waals surface area contributed by atoms with Gasteiger partial charge in [0.1, 0.15) is 0 Å². The van der Waals surface area contributed by atoms with Gasteiger partial charge in [-0.1, -0.05) is 13.8 Å². The zero-order chi connectivity index (χ0) is 18.3. The molecule has 0 saturated heterocycles. The van der Waals surface area contributed by atoms with E-state index < -0.39 is 9.85 Å². The summed E-state index contributed by atoms with van der Waals surface area (Å²) in [7, 11) is 0. The van der Waals surface area contributed by atoms with Crippen molar-refractivity contribution < 1.29 is 19.7 Å². The maximum Gasteiger partial charge on any atom is 0.302 e. The summed E-state index contributed by atoms with van der Waals surface area (Å²) in [4.78, 5) is 21.7. The summed E-state index contributed by atoms with van der Waals surface area (Å²) >= 11 is 0. The van der Waals surface area contributed by atoms with Crippen LogP contribution in [0.1, 0.15) is 37.8 Å². The van der Waals surface area contributed by atoms with E-state index in [0.29, 0.717) is 24.0 Å². The average Bonchev–Trinajstić information content (AvgIpc) is 2.53. The summed E-state index contributed by atoms with van der Waals surface area (Å²) in [5.41, 5.74) is -0.0449. The fraction of sp³-hybridized carbons (Fsp3) is 0.600. The van der Waals surface area contributed by atoms with Gasteiger partial charge in [-0.25, -0.2) is 0 Å². The van der Waals surface area contributed by atoms with Crippen molar-refractivity contribution in [1.82, 2.24) is 0 Å². The van der Waals surface area contributed by atoms with Crippen LogP contribution in [0.2, 0.25) is 0 Å². The average molecular weight is 341 g/mol. The minimum atomic E-state index is -0.632. The molecule has 0 amide bonds. The lowest BCUT2D eigenvalue weighted by Gasteiger charge is -2.18. The number of hydrogen-bond donors (Lipinski definition) is 2. The van der Waals surface area contributed by atoms with Crippen LogP contribution < -0.4 is 5.32 Å². The molecule has 0 atom stereocenters. The lowest BCUT2D eigenvalue weighted by atomic mass is 10.0. The van der Waals surface area contributed by atoms with Gasteiger partial charge in [0.2, 0.25) is 0 Å². The number of hydrogen-bond acceptors (Lipinski definition) is 7. The van der Waals surface area contributed by atoms with E-state index in [9.17, 15) is 20.2 Å². The highest BCUT2D eigenvalue weighted by Crippen LogP contribution is 2.40. The summed E-state index contributed by atoms with van der Waals surface area (Å²) in [6.07, 6.45) is 1.37. The van der Waals surface area contributed by atoms with E-state index in [1.807, 2.05) is 13.8 Å². The van der Waals surface area contributed by atoms with Gasteiger partial charge in [-0.15, -0.1) is 0 Å². The van der Waals surface area contributed by atoms with Gasteiger partial charge < -0.3 is 15.2 Å². The number of aliphatic hydroxyl groups excluding tert-OH is 1. The van der Waals surface area contributed by atoms with Gasteiger partial charge in [-0.2, -0.15) is 0 Å². The highest BCUT2D eigenvalue weighted by Gasteiger charge is 2.31. The Hall–Kier alpha value is -2.26. The van der Waals surface area contributed by atoms with Crippen LogP contribution in [0.25, 0.3) is 0 Å². The minimum absolute atomic E-state index is 0.0423. The van der Waals surface area contributed by atoms with E-state index in [2.05, 4.69) is 5.32 Å². The standard InChI is InChI=1S/C15H23N3O6/c1-4-12(5-2)16-14-13(17(20)21)8-11(9-24-7-6-19)10(3)15(14)18(22)23/h8,12,16,19H,4-7,9H2,1-3H3. The highest BCUT2D eigenvalue weighted by molar-refractivity contribution is 5.78. The van der Waals surface area contributed by atoms with Crippen molar-refractivity contribution in [2.75, 3.05) is 18.5 Å². The number of ether oxygens (including phenoxy) is 1. The Kier molecular flexibility index (Phi) is 7.53. The summed E-state index contributed by atoms with van der Waals surface area (Å²) in [6.45, 7) is 5.16. The molecular weight excluding hydrogens is 318 g/mol. The van der Waals surface area contributed by atoms with E-state index in [0.717, 1.165) is 0 Å². The van der Waals surface area contributed by atoms with Crippen LogP contribution in [-0.2, 0) is 11.3 Å². The zero-order valence-corrected chi connectivity index (χ0v) is 14.1. The van der Waals surface area contributed by atoms with Gasteiger partial charge in [0, 0.05) is 17.7 Å². The fourth-order valence-electron chi connectivity index (χ4n) is 2.41. The molecule has 2 N–H and O–H groups in total. The Morgan fingerprint density at radius 1 is 1.25 bits per heavy atom. The van der Waals surface area contributed by atoms with Crippen molar-refractivity contribution in [3.8, 4) is 0 Å². The molecule has 9 heteroatoms. The van der Waals surface area contributed by atoms with Gasteiger partial charge in [0.05, 0.1) is 29.7 Å². The molecule has 134 valence electrons. The maximum atomic E-state index is 11.5. The van der Waals surface area contributed by atoms with Crippen LogP contribution in [-0.4, -0.2) is 34.2 Å². The molecule has 1 aromatic carbocycles. The number of anilines is 1. The molecule has 0 aliphatic heterocycles. The molecule has 0 radical (unpaired) electrons. The normalized spacial score (nSPS) is 10.9. The Labute approximate surface area is 139 Å². The first-order valence-corrected chi connectivity index (χ1v) is 7.77. The molecule has 9 nitrogen and oxygen atoms in total. The second-order valence-electron chi connectivity index (χ2n) is 5.35. The molecule has 0 unspecified atom stereocenters. The number of nitrogens with zero attached hydrogens (tertiary/aromatic N) is 2. The Morgan fingerprint density at radius 2 is 1.88 bits per heavy atom. The largest absolute Gasteiger partial charge is 0.394 e. The van der Waals surface area contributed by atoms with Gasteiger partial charge in [-0.05, 0) is 25.3 Å². The highest BCUT2D eigenvalue weighted by atomic mass is 16.6. The molecule has 0 spiro atoms. The zero-order valence-electron chi connectivity index (χ0n) is 14.1. The first-order chi connectivity index (χ1) is 11.4. The second-order valence-corrected chi connectivity index (χ2v) is 5.35. The lowest BCUT2D eigenvalue weighted by Crippen LogP contribution is -2.19. The van der Waals surface area contributed by atoms with Crippen molar-refractivity contribution in [1.29, 1.82) is 0 Å². The van der Waals surface area contributed by atoms with Crippen LogP contribution in [0.15, 0.2) is 6.07 Å². The monoisotopic (exact) mass is 341 g/mol. The number of nitro benzene ring substituents is 2. The Bertz CT molecular complexity index is 601. The van der Waals surface area contributed by atoms with E-state index in [-0.39, 0.29) is 42.9 Å². The van der Waals surface area contributed by atoms with Crippen molar-refractivity contribution >= 4 is 17.1 Å². The molecule has 1 aromatic rings. The van der Waals surface area contributed by atoms with Crippen LogP contribution in [0.5, 0.6) is 0 Å². The fourth-order valence-corrected chi connectivity index (χ4v) is 2.41. The minimum Gasteiger partial charge on any atom is -0.394 e. The van der Waals surface area contributed by atoms with Crippen LogP contribution in [0.3, 0.4) is 0 Å². The quantitative estimate of drug-likeness (QED) is 0.380. The van der Waals surface area contributed by atoms with Crippen LogP contribution in [0.4, 0.5) is 17.1 Å². The topological polar surface area (TPSA) is 128 Å². The van der Waals surface area contributed by atoms with Crippen LogP contribution >= 0.6 is 0 Å². The summed E-state index contributed by atoms with van der Waals surface area (Å²) in [5, 5.41) is 34.6. The molecular formula is C15H23N3O6. The molecule has 0 aliphatic rings. The summed E-state index contributed by atoms with van der Waals surface area (Å²) in [6, 6.07) is 1.20. The number of benzene rings is 1. The Balaban J connectivity index is 3.46. The maximum absolute atomic E-state index is 11.5. The first-order valence-electron chi connectivity index (χ1n) is 7.77. The molecule has 0 aromatic heterocycles. The van der Waals surface area contributed by atoms with Gasteiger partial charge in [-0.3, -0.25) is 20.2 Å². The number of aliphatic hydroxyl groups is 1. The molecule has 0 aliphatic carbocycles. The van der Waals surface area contributed by atoms with E-state index in [4.69, 9.17) is 9.84 Å². The van der Waals surface area contributed by atoms with Gasteiger partial charge in [0.15, 0.2) is 5.69 Å². The number of nitrogens with one attached hydrogen (secondary N) is 1. The van der Waals surface area contributed by atoms with Crippen molar-refractivity contribution in [3.05, 3.63) is 37.4 Å². The SMILES string of the molecule is CCC(CC)Nc1c([N+](=O)[O-])cc(COCCO)c(C)c1[N+](=O)[O-]. The lowest BCUT2D eigenvalue weighted by molar-refractivity contribution is -0.392. The van der Waals surface area contributed by atoms with Crippen molar-refractivity contribution in [2.24, 2.45) is 0 Å². The first kappa shape index (κ1) is 19.8. The molecule has 0 heterocycles. The molecule has 0 saturated carbocycles.